The lowest BCUT2D eigenvalue weighted by Crippen LogP contribution is -2.40. The van der Waals surface area contributed by atoms with E-state index >= 15 is 0 Å². The Morgan fingerprint density at radius 1 is 1.16 bits per heavy atom. The number of amides is 1. The molecular formula is C21H22N2O2. The van der Waals surface area contributed by atoms with E-state index in [1.54, 1.807) is 7.11 Å². The Morgan fingerprint density at radius 3 is 2.76 bits per heavy atom. The van der Waals surface area contributed by atoms with Gasteiger partial charge in [-0.2, -0.15) is 0 Å². The number of fused-ring (bicyclic) bond motifs is 1. The van der Waals surface area contributed by atoms with Gasteiger partial charge >= 0.3 is 0 Å². The number of rotatable bonds is 4. The number of aromatic amines is 1. The molecule has 1 N–H and O–H groups in total. The number of nitrogens with one attached hydrogen (secondary N) is 1. The molecule has 25 heavy (non-hydrogen) atoms. The lowest BCUT2D eigenvalue weighted by molar-refractivity contribution is -0.131. The van der Waals surface area contributed by atoms with E-state index < -0.39 is 0 Å². The number of ether oxygens (including phenoxy) is 1. The van der Waals surface area contributed by atoms with Crippen molar-refractivity contribution in [2.45, 2.75) is 31.8 Å². The highest BCUT2D eigenvalue weighted by Gasteiger charge is 2.44. The molecule has 0 saturated carbocycles. The van der Waals surface area contributed by atoms with Crippen molar-refractivity contribution in [1.82, 2.24) is 9.88 Å². The van der Waals surface area contributed by atoms with Gasteiger partial charge in [0.05, 0.1) is 19.2 Å². The van der Waals surface area contributed by atoms with Gasteiger partial charge in [0, 0.05) is 34.6 Å². The van der Waals surface area contributed by atoms with E-state index in [4.69, 9.17) is 4.74 Å². The molecule has 4 rings (SSSR count). The Kier molecular flexibility index (Phi) is 3.75. The molecule has 3 aromatic rings. The van der Waals surface area contributed by atoms with Crippen molar-refractivity contribution in [2.75, 3.05) is 7.11 Å². The molecule has 0 bridgehead atoms. The summed E-state index contributed by atoms with van der Waals surface area (Å²) >= 11 is 0. The second-order valence-electron chi connectivity index (χ2n) is 6.81. The predicted octanol–water partition coefficient (Wildman–Crippen LogP) is 4.21. The summed E-state index contributed by atoms with van der Waals surface area (Å²) in [6.45, 7) is 2.72. The number of likely N-dealkylation sites (tertiary alicyclic amines) is 1. The van der Waals surface area contributed by atoms with E-state index in [1.165, 1.54) is 10.9 Å². The first-order chi connectivity index (χ1) is 12.1. The molecule has 2 heterocycles. The van der Waals surface area contributed by atoms with E-state index in [2.05, 4.69) is 30.2 Å². The zero-order valence-corrected chi connectivity index (χ0v) is 14.6. The number of carbonyl (C=O) groups excluding carboxylic acids is 1. The van der Waals surface area contributed by atoms with Crippen LogP contribution < -0.4 is 4.74 Å². The van der Waals surface area contributed by atoms with Gasteiger partial charge in [-0.15, -0.1) is 0 Å². The van der Waals surface area contributed by atoms with Crippen LogP contribution in [0, 0.1) is 0 Å². The Morgan fingerprint density at radius 2 is 1.92 bits per heavy atom. The molecule has 4 heteroatoms. The number of hydrogen-bond acceptors (Lipinski definition) is 2. The van der Waals surface area contributed by atoms with E-state index in [1.807, 2.05) is 41.3 Å². The minimum atomic E-state index is -0.322. The third-order valence-corrected chi connectivity index (χ3v) is 5.41. The van der Waals surface area contributed by atoms with Crippen LogP contribution in [-0.2, 0) is 16.9 Å². The van der Waals surface area contributed by atoms with E-state index in [0.717, 1.165) is 23.3 Å². The highest BCUT2D eigenvalue weighted by Crippen LogP contribution is 2.43. The van der Waals surface area contributed by atoms with Gasteiger partial charge in [0.2, 0.25) is 5.91 Å². The lowest BCUT2D eigenvalue weighted by atomic mass is 9.88. The van der Waals surface area contributed by atoms with Crippen molar-refractivity contribution >= 4 is 16.8 Å². The van der Waals surface area contributed by atoms with Crippen molar-refractivity contribution < 1.29 is 9.53 Å². The number of methoxy groups -OCH3 is 1. The number of hydrogen-bond donors (Lipinski definition) is 1. The fourth-order valence-corrected chi connectivity index (χ4v) is 3.96. The van der Waals surface area contributed by atoms with Crippen LogP contribution in [-0.4, -0.2) is 22.9 Å². The molecule has 1 amide bonds. The minimum Gasteiger partial charge on any atom is -0.496 e. The Balaban J connectivity index is 1.76. The fraction of sp³-hybridized carbons (Fsp3) is 0.286. The molecule has 128 valence electrons. The van der Waals surface area contributed by atoms with Crippen molar-refractivity contribution in [2.24, 2.45) is 0 Å². The molecule has 0 spiro atoms. The zero-order valence-electron chi connectivity index (χ0n) is 14.6. The van der Waals surface area contributed by atoms with Crippen molar-refractivity contribution in [3.8, 4) is 5.75 Å². The third kappa shape index (κ3) is 2.49. The Labute approximate surface area is 147 Å². The summed E-state index contributed by atoms with van der Waals surface area (Å²) < 4.78 is 5.48. The van der Waals surface area contributed by atoms with Crippen LogP contribution in [0.1, 0.15) is 30.9 Å². The van der Waals surface area contributed by atoms with Crippen LogP contribution in [0.3, 0.4) is 0 Å². The summed E-state index contributed by atoms with van der Waals surface area (Å²) in [5.41, 5.74) is 3.00. The number of H-pyrrole nitrogens is 1. The molecule has 1 aliphatic rings. The fourth-order valence-electron chi connectivity index (χ4n) is 3.96. The predicted molar refractivity (Wildman–Crippen MR) is 98.4 cm³/mol. The molecule has 0 aliphatic carbocycles. The maximum Gasteiger partial charge on any atom is 0.223 e. The number of nitrogens with zero attached hydrogens (tertiary/aromatic N) is 1. The number of aromatic nitrogens is 1. The van der Waals surface area contributed by atoms with Crippen LogP contribution in [0.25, 0.3) is 10.9 Å². The van der Waals surface area contributed by atoms with Gasteiger partial charge in [-0.25, -0.2) is 0 Å². The van der Waals surface area contributed by atoms with Crippen LogP contribution in [0.2, 0.25) is 0 Å². The number of para-hydroxylation sites is 2. The van der Waals surface area contributed by atoms with Gasteiger partial charge in [0.25, 0.3) is 0 Å². The Hall–Kier alpha value is -2.75. The monoisotopic (exact) mass is 334 g/mol. The van der Waals surface area contributed by atoms with E-state index in [0.29, 0.717) is 13.0 Å². The summed E-state index contributed by atoms with van der Waals surface area (Å²) in [7, 11) is 1.67. The number of carbonyl (C=O) groups is 1. The normalized spacial score (nSPS) is 20.4. The first-order valence-corrected chi connectivity index (χ1v) is 8.62. The maximum absolute atomic E-state index is 12.7. The second-order valence-corrected chi connectivity index (χ2v) is 6.81. The summed E-state index contributed by atoms with van der Waals surface area (Å²) in [6, 6.07) is 16.2. The molecule has 1 aromatic heterocycles. The van der Waals surface area contributed by atoms with Crippen LogP contribution in [0.4, 0.5) is 0 Å². The van der Waals surface area contributed by atoms with Crippen molar-refractivity contribution in [3.63, 3.8) is 0 Å². The minimum absolute atomic E-state index is 0.193. The topological polar surface area (TPSA) is 45.3 Å². The summed E-state index contributed by atoms with van der Waals surface area (Å²) in [6.07, 6.45) is 3.45. The molecule has 1 fully saturated rings. The molecule has 1 atom stereocenters. The molecule has 1 aliphatic heterocycles. The molecule has 1 unspecified atom stereocenters. The third-order valence-electron chi connectivity index (χ3n) is 5.41. The standard InChI is InChI=1S/C21H22N2O2/c1-21(17-13-22-18-9-5-4-8-16(17)18)12-11-20(24)23(21)14-15-7-3-6-10-19(15)25-2/h3-10,13,22H,11-12,14H2,1-2H3. The molecule has 4 nitrogen and oxygen atoms in total. The largest absolute Gasteiger partial charge is 0.496 e. The van der Waals surface area contributed by atoms with Crippen LogP contribution >= 0.6 is 0 Å². The average Bonchev–Trinajstić information content (AvgIpc) is 3.20. The van der Waals surface area contributed by atoms with Gasteiger partial charge in [-0.1, -0.05) is 36.4 Å². The zero-order chi connectivity index (χ0) is 17.4. The SMILES string of the molecule is COc1ccccc1CN1C(=O)CCC1(C)c1c[nH]c2ccccc12. The molecule has 1 saturated heterocycles. The Bertz CT molecular complexity index is 930. The molecular weight excluding hydrogens is 312 g/mol. The van der Waals surface area contributed by atoms with Crippen LogP contribution in [0.15, 0.2) is 54.7 Å². The average molecular weight is 334 g/mol. The summed E-state index contributed by atoms with van der Waals surface area (Å²) in [5, 5.41) is 1.18. The van der Waals surface area contributed by atoms with E-state index in [-0.39, 0.29) is 11.4 Å². The smallest absolute Gasteiger partial charge is 0.223 e. The van der Waals surface area contributed by atoms with Gasteiger partial charge in [-0.05, 0) is 25.5 Å². The van der Waals surface area contributed by atoms with Gasteiger partial charge < -0.3 is 14.6 Å². The highest BCUT2D eigenvalue weighted by molar-refractivity contribution is 5.87. The van der Waals surface area contributed by atoms with E-state index in [9.17, 15) is 4.79 Å². The second kappa shape index (κ2) is 5.96. The maximum atomic E-state index is 12.7. The highest BCUT2D eigenvalue weighted by atomic mass is 16.5. The van der Waals surface area contributed by atoms with Gasteiger partial charge in [-0.3, -0.25) is 4.79 Å². The van der Waals surface area contributed by atoms with Gasteiger partial charge in [0.15, 0.2) is 0 Å². The summed E-state index contributed by atoms with van der Waals surface area (Å²) in [5.74, 6) is 1.02. The summed E-state index contributed by atoms with van der Waals surface area (Å²) in [4.78, 5) is 18.0. The number of benzene rings is 2. The first-order valence-electron chi connectivity index (χ1n) is 8.62. The van der Waals surface area contributed by atoms with Gasteiger partial charge in [0.1, 0.15) is 5.75 Å². The molecule has 2 aromatic carbocycles. The quantitative estimate of drug-likeness (QED) is 0.776. The van der Waals surface area contributed by atoms with Crippen LogP contribution in [0.5, 0.6) is 5.75 Å². The lowest BCUT2D eigenvalue weighted by Gasteiger charge is -2.36. The van der Waals surface area contributed by atoms with Crippen molar-refractivity contribution in [1.29, 1.82) is 0 Å². The molecule has 0 radical (unpaired) electrons. The first kappa shape index (κ1) is 15.8. The van der Waals surface area contributed by atoms with Crippen molar-refractivity contribution in [3.05, 3.63) is 65.9 Å².